The quantitative estimate of drug-likeness (QED) is 0.0375. The van der Waals surface area contributed by atoms with E-state index in [0.717, 1.165) is 110 Å². The van der Waals surface area contributed by atoms with Crippen molar-refractivity contribution in [2.45, 2.75) is 5.92 Å². The molecule has 21 aromatic rings. The Labute approximate surface area is 688 Å². The minimum Gasteiger partial charge on any atom is -0.310 e. The van der Waals surface area contributed by atoms with Gasteiger partial charge < -0.3 is 14.4 Å². The van der Waals surface area contributed by atoms with E-state index in [9.17, 15) is 8.78 Å². The fourth-order valence-corrected chi connectivity index (χ4v) is 18.3. The third-order valence-corrected chi connectivity index (χ3v) is 23.8. The van der Waals surface area contributed by atoms with Crippen LogP contribution in [0.25, 0.3) is 148 Å². The van der Waals surface area contributed by atoms with Crippen LogP contribution in [0, 0.1) is 34.9 Å². The molecule has 0 N–H and O–H groups in total. The second-order valence-electron chi connectivity index (χ2n) is 30.5. The third-order valence-electron chi connectivity index (χ3n) is 23.8. The Bertz CT molecular complexity index is 7440. The summed E-state index contributed by atoms with van der Waals surface area (Å²) >= 11 is 0. The van der Waals surface area contributed by atoms with Gasteiger partial charge in [0.1, 0.15) is 11.5 Å². The summed E-state index contributed by atoms with van der Waals surface area (Å²) in [4.78, 5) is 3.42. The van der Waals surface area contributed by atoms with Crippen molar-refractivity contribution in [1.82, 2.24) is 4.57 Å². The van der Waals surface area contributed by atoms with Crippen molar-refractivity contribution in [3.63, 3.8) is 0 Å². The number of rotatable bonds is 13. The Kier molecular flexibility index (Phi) is 18.1. The molecule has 22 rings (SSSR count). The molecule has 0 saturated carbocycles. The summed E-state index contributed by atoms with van der Waals surface area (Å²) in [6, 6.07) is 140. The van der Waals surface area contributed by atoms with E-state index in [2.05, 4.69) is 282 Å². The zero-order valence-electron chi connectivity index (χ0n) is 64.4. The van der Waals surface area contributed by atoms with Crippen molar-refractivity contribution >= 4 is 110 Å². The average molecular weight is 1560 g/mol. The maximum Gasteiger partial charge on any atom is 0.200 e. The summed E-state index contributed by atoms with van der Waals surface area (Å²) in [7, 11) is 0. The number of fused-ring (bicyclic) bond motifs is 14. The summed E-state index contributed by atoms with van der Waals surface area (Å²) in [6.07, 6.45) is 0. The SMILES string of the molecule is Fc1c(F)c(F)c(N(c2ccc(-c3ccc4c(c3)-c3ccccc3C4c3ccccc3)cc2)c2ccc(-c3c4ccccc4c(-c4ccccc4)c4ccccc34)cc2)c(F)c1F.Fc1ccc(-c2ccc(N(c3ccc(-c4ccc5c(c4)c4ccccc4n5-c4ccccc4)cc3)c3ccc4c5ccccc5c5ccccc5c4c3)cc2)cc1. The fraction of sp³-hybridized carbons (Fsp3) is 0.00901. The molecule has 0 aliphatic heterocycles. The molecular formula is C111H69F6N3. The van der Waals surface area contributed by atoms with E-state index >= 15 is 17.6 Å². The van der Waals surface area contributed by atoms with Crippen LogP contribution in [0.2, 0.25) is 0 Å². The predicted octanol–water partition coefficient (Wildman–Crippen LogP) is 31.5. The number of hydrogen-bond acceptors (Lipinski definition) is 2. The second-order valence-corrected chi connectivity index (χ2v) is 30.5. The highest BCUT2D eigenvalue weighted by Crippen LogP contribution is 2.52. The highest BCUT2D eigenvalue weighted by Gasteiger charge is 2.33. The summed E-state index contributed by atoms with van der Waals surface area (Å²) in [6.45, 7) is 0. The molecule has 0 bridgehead atoms. The summed E-state index contributed by atoms with van der Waals surface area (Å²) in [5.74, 6) is -10.3. The van der Waals surface area contributed by atoms with Crippen LogP contribution >= 0.6 is 0 Å². The maximum atomic E-state index is 15.9. The van der Waals surface area contributed by atoms with Crippen LogP contribution in [0.4, 0.5) is 60.5 Å². The third kappa shape index (κ3) is 12.5. The molecule has 20 aromatic carbocycles. The molecule has 1 unspecified atom stereocenters. The lowest BCUT2D eigenvalue weighted by Crippen LogP contribution is -2.17. The molecule has 0 saturated heterocycles. The molecule has 3 nitrogen and oxygen atoms in total. The molecule has 1 atom stereocenters. The monoisotopic (exact) mass is 1560 g/mol. The van der Waals surface area contributed by atoms with Gasteiger partial charge in [0.2, 0.25) is 5.82 Å². The van der Waals surface area contributed by atoms with Gasteiger partial charge in [-0.05, 0) is 247 Å². The smallest absolute Gasteiger partial charge is 0.200 e. The number of aromatic nitrogens is 1. The van der Waals surface area contributed by atoms with Gasteiger partial charge in [-0.25, -0.2) is 26.3 Å². The van der Waals surface area contributed by atoms with Gasteiger partial charge in [0.25, 0.3) is 0 Å². The van der Waals surface area contributed by atoms with Crippen LogP contribution in [0.5, 0.6) is 0 Å². The Morgan fingerprint density at radius 2 is 0.567 bits per heavy atom. The van der Waals surface area contributed by atoms with Crippen LogP contribution in [-0.4, -0.2) is 4.57 Å². The summed E-state index contributed by atoms with van der Waals surface area (Å²) in [5, 5.41) is 14.0. The summed E-state index contributed by atoms with van der Waals surface area (Å²) in [5.41, 5.74) is 21.9. The molecule has 570 valence electrons. The van der Waals surface area contributed by atoms with Crippen molar-refractivity contribution in [3.05, 3.63) is 464 Å². The van der Waals surface area contributed by atoms with Crippen molar-refractivity contribution < 1.29 is 26.3 Å². The molecule has 0 radical (unpaired) electrons. The van der Waals surface area contributed by atoms with E-state index in [-0.39, 0.29) is 23.1 Å². The standard InChI is InChI=1S/C57H34F5N.C54H35FN2/c58-52-53(59)55(61)57(56(62)54(52)60)63(39-28-23-34(24-29-39)38-27-32-47-48(33-38)41-17-7-8-18-42(41)49(47)35-13-3-1-4-14-35)40-30-25-37(26-31-40)51-45-21-11-9-19-43(45)50(36-15-5-2-6-16-36)44-20-10-12-22-46(44)51;55-40-25-18-36(19-26-40)37-20-27-42(28-21-37)56(44-31-32-49-47-14-5-4-12-45(47)46-13-6-7-15-48(46)51(49)35-44)43-29-22-38(23-30-43)39-24-33-54-52(34-39)50-16-8-9-17-53(50)57(54)41-10-2-1-3-11-41/h1-33,49H;1-35H. The highest BCUT2D eigenvalue weighted by atomic mass is 19.2. The van der Waals surface area contributed by atoms with Crippen LogP contribution in [-0.2, 0) is 0 Å². The zero-order valence-corrected chi connectivity index (χ0v) is 64.4. The topological polar surface area (TPSA) is 11.4 Å². The van der Waals surface area contributed by atoms with Gasteiger partial charge in [0.05, 0.1) is 11.0 Å². The van der Waals surface area contributed by atoms with Crippen molar-refractivity contribution in [1.29, 1.82) is 0 Å². The molecule has 120 heavy (non-hydrogen) atoms. The average Bonchev–Trinajstić information content (AvgIpc) is 1.68. The molecule has 1 heterocycles. The van der Waals surface area contributed by atoms with Crippen molar-refractivity contribution in [2.75, 3.05) is 9.80 Å². The van der Waals surface area contributed by atoms with Crippen LogP contribution < -0.4 is 9.80 Å². The maximum absolute atomic E-state index is 15.9. The van der Waals surface area contributed by atoms with Crippen LogP contribution in [0.1, 0.15) is 22.6 Å². The number of nitrogens with zero attached hydrogens (tertiary/aromatic N) is 3. The molecular weight excluding hydrogens is 1490 g/mol. The second kappa shape index (κ2) is 30.1. The lowest BCUT2D eigenvalue weighted by molar-refractivity contribution is 0.380. The van der Waals surface area contributed by atoms with Gasteiger partial charge in [-0.3, -0.25) is 0 Å². The van der Waals surface area contributed by atoms with Gasteiger partial charge in [-0.2, -0.15) is 0 Å². The zero-order chi connectivity index (χ0) is 80.6. The lowest BCUT2D eigenvalue weighted by atomic mass is 9.86. The first kappa shape index (κ1) is 72.4. The van der Waals surface area contributed by atoms with Gasteiger partial charge in [-0.1, -0.05) is 303 Å². The number of anilines is 6. The van der Waals surface area contributed by atoms with Gasteiger partial charge in [0.15, 0.2) is 23.3 Å². The summed E-state index contributed by atoms with van der Waals surface area (Å²) < 4.78 is 92.3. The van der Waals surface area contributed by atoms with E-state index in [1.54, 1.807) is 36.4 Å². The molecule has 1 aromatic heterocycles. The number of halogens is 6. The number of hydrogen-bond donors (Lipinski definition) is 0. The molecule has 0 fully saturated rings. The molecule has 9 heteroatoms. The van der Waals surface area contributed by atoms with Crippen LogP contribution in [0.3, 0.4) is 0 Å². The number of benzene rings is 20. The van der Waals surface area contributed by atoms with Gasteiger partial charge in [0, 0.05) is 50.8 Å². The van der Waals surface area contributed by atoms with E-state index in [0.29, 0.717) is 0 Å². The Morgan fingerprint density at radius 1 is 0.208 bits per heavy atom. The van der Waals surface area contributed by atoms with E-state index in [4.69, 9.17) is 0 Å². The number of para-hydroxylation sites is 2. The normalized spacial score (nSPS) is 12.3. The highest BCUT2D eigenvalue weighted by molar-refractivity contribution is 6.26. The first-order chi connectivity index (χ1) is 59.0. The van der Waals surface area contributed by atoms with E-state index in [1.165, 1.54) is 88.5 Å². The van der Waals surface area contributed by atoms with Crippen molar-refractivity contribution in [2.24, 2.45) is 0 Å². The Balaban J connectivity index is 0.000000149. The predicted molar refractivity (Wildman–Crippen MR) is 484 cm³/mol. The van der Waals surface area contributed by atoms with E-state index in [1.807, 2.05) is 91.0 Å². The first-order valence-corrected chi connectivity index (χ1v) is 40.0. The molecule has 0 amide bonds. The van der Waals surface area contributed by atoms with Crippen molar-refractivity contribution in [3.8, 4) is 72.4 Å². The minimum absolute atomic E-state index is 0.0844. The van der Waals surface area contributed by atoms with Crippen LogP contribution in [0.15, 0.2) is 413 Å². The van der Waals surface area contributed by atoms with Gasteiger partial charge in [-0.15, -0.1) is 0 Å². The van der Waals surface area contributed by atoms with Gasteiger partial charge >= 0.3 is 0 Å². The van der Waals surface area contributed by atoms with E-state index < -0.39 is 34.8 Å². The fourth-order valence-electron chi connectivity index (χ4n) is 18.3. The largest absolute Gasteiger partial charge is 0.310 e. The minimum atomic E-state index is -2.22. The molecule has 1 aliphatic rings. The first-order valence-electron chi connectivity index (χ1n) is 40.0. The Morgan fingerprint density at radius 3 is 1.11 bits per heavy atom. The Hall–Kier alpha value is -15.3. The molecule has 1 aliphatic carbocycles. The lowest BCUT2D eigenvalue weighted by Gasteiger charge is -2.27. The molecule has 0 spiro atoms.